The van der Waals surface area contributed by atoms with Gasteiger partial charge in [0.2, 0.25) is 5.95 Å². The van der Waals surface area contributed by atoms with E-state index in [2.05, 4.69) is 29.1 Å². The van der Waals surface area contributed by atoms with E-state index in [1.807, 2.05) is 48.0 Å². The van der Waals surface area contributed by atoms with Gasteiger partial charge < -0.3 is 14.6 Å². The minimum atomic E-state index is 0.0142. The average molecular weight is 296 g/mol. The third-order valence-corrected chi connectivity index (χ3v) is 3.81. The van der Waals surface area contributed by atoms with E-state index in [-0.39, 0.29) is 12.1 Å². The van der Waals surface area contributed by atoms with Gasteiger partial charge in [-0.15, -0.1) is 0 Å². The number of aromatic nitrogens is 3. The molecular formula is C17H20N4O. The van der Waals surface area contributed by atoms with Gasteiger partial charge in [-0.25, -0.2) is 4.98 Å². The Morgan fingerprint density at radius 2 is 1.91 bits per heavy atom. The molecule has 0 aliphatic rings. The minimum absolute atomic E-state index is 0.0142. The summed E-state index contributed by atoms with van der Waals surface area (Å²) < 4.78 is 7.98. The summed E-state index contributed by atoms with van der Waals surface area (Å²) >= 11 is 0. The number of para-hydroxylation sites is 1. The molecule has 1 aromatic carbocycles. The predicted octanol–water partition coefficient (Wildman–Crippen LogP) is 3.24. The summed E-state index contributed by atoms with van der Waals surface area (Å²) in [6.07, 6.45) is 3.56. The van der Waals surface area contributed by atoms with Gasteiger partial charge in [-0.1, -0.05) is 18.2 Å². The molecular weight excluding hydrogens is 276 g/mol. The number of ether oxygens (including phenoxy) is 1. The second-order valence-corrected chi connectivity index (χ2v) is 5.43. The molecule has 3 rings (SSSR count). The quantitative estimate of drug-likeness (QED) is 0.785. The molecule has 0 spiro atoms. The van der Waals surface area contributed by atoms with Gasteiger partial charge in [-0.05, 0) is 32.0 Å². The predicted molar refractivity (Wildman–Crippen MR) is 88.1 cm³/mol. The zero-order valence-corrected chi connectivity index (χ0v) is 13.0. The summed E-state index contributed by atoms with van der Waals surface area (Å²) in [6, 6.07) is 11.9. The lowest BCUT2D eigenvalue weighted by atomic mass is 10.2. The highest BCUT2D eigenvalue weighted by molar-refractivity contribution is 5.77. The van der Waals surface area contributed by atoms with E-state index in [1.54, 1.807) is 12.4 Å². The van der Waals surface area contributed by atoms with Crippen molar-refractivity contribution < 1.29 is 4.74 Å². The van der Waals surface area contributed by atoms with Gasteiger partial charge in [-0.2, -0.15) is 0 Å². The van der Waals surface area contributed by atoms with E-state index >= 15 is 0 Å². The van der Waals surface area contributed by atoms with Crippen molar-refractivity contribution >= 4 is 17.0 Å². The zero-order chi connectivity index (χ0) is 15.5. The molecule has 0 saturated heterocycles. The molecule has 1 N–H and O–H groups in total. The van der Waals surface area contributed by atoms with Gasteiger partial charge in [0, 0.05) is 13.2 Å². The third-order valence-electron chi connectivity index (χ3n) is 3.81. The lowest BCUT2D eigenvalue weighted by Crippen LogP contribution is -2.33. The normalized spacial score (nSPS) is 13.8. The number of rotatable bonds is 5. The van der Waals surface area contributed by atoms with Crippen LogP contribution in [0, 0.1) is 0 Å². The first-order valence-electron chi connectivity index (χ1n) is 7.40. The van der Waals surface area contributed by atoms with Crippen molar-refractivity contribution in [1.82, 2.24) is 14.5 Å². The molecule has 2 aromatic heterocycles. The molecule has 0 amide bonds. The molecule has 114 valence electrons. The fourth-order valence-electron chi connectivity index (χ4n) is 2.32. The first kappa shape index (κ1) is 14.4. The number of benzene rings is 1. The van der Waals surface area contributed by atoms with Crippen molar-refractivity contribution in [2.45, 2.75) is 26.0 Å². The maximum absolute atomic E-state index is 5.95. The Hall–Kier alpha value is -2.56. The number of fused-ring (bicyclic) bond motifs is 1. The number of hydrogen-bond acceptors (Lipinski definition) is 4. The largest absolute Gasteiger partial charge is 0.489 e. The van der Waals surface area contributed by atoms with E-state index in [9.17, 15) is 0 Å². The number of nitrogens with zero attached hydrogens (tertiary/aromatic N) is 3. The lowest BCUT2D eigenvalue weighted by Gasteiger charge is -2.23. The van der Waals surface area contributed by atoms with Crippen molar-refractivity contribution in [3.05, 3.63) is 48.8 Å². The summed E-state index contributed by atoms with van der Waals surface area (Å²) in [4.78, 5) is 8.68. The fourth-order valence-corrected chi connectivity index (χ4v) is 2.32. The monoisotopic (exact) mass is 296 g/mol. The number of nitrogens with one attached hydrogen (secondary N) is 1. The van der Waals surface area contributed by atoms with Crippen LogP contribution in [0.1, 0.15) is 13.8 Å². The number of imidazole rings is 1. The Morgan fingerprint density at radius 1 is 1.14 bits per heavy atom. The minimum Gasteiger partial charge on any atom is -0.489 e. The van der Waals surface area contributed by atoms with Crippen molar-refractivity contribution in [2.75, 3.05) is 5.32 Å². The molecule has 5 heteroatoms. The van der Waals surface area contributed by atoms with Crippen molar-refractivity contribution in [3.8, 4) is 5.75 Å². The first-order valence-corrected chi connectivity index (χ1v) is 7.40. The number of anilines is 1. The zero-order valence-electron chi connectivity index (χ0n) is 13.0. The van der Waals surface area contributed by atoms with Crippen LogP contribution in [-0.4, -0.2) is 26.7 Å². The molecule has 0 radical (unpaired) electrons. The molecule has 3 aromatic rings. The van der Waals surface area contributed by atoms with Crippen LogP contribution in [0.25, 0.3) is 11.0 Å². The molecule has 22 heavy (non-hydrogen) atoms. The molecule has 0 aliphatic carbocycles. The van der Waals surface area contributed by atoms with Crippen LogP contribution in [0.5, 0.6) is 5.75 Å². The first-order chi connectivity index (χ1) is 10.6. The molecule has 0 fully saturated rings. The Morgan fingerprint density at radius 3 is 2.64 bits per heavy atom. The molecule has 5 nitrogen and oxygen atoms in total. The molecule has 2 heterocycles. The average Bonchev–Trinajstić information content (AvgIpc) is 2.85. The SMILES string of the molecule is CC(Nc1nc2cnccc2n1C)C(C)Oc1ccccc1. The Labute approximate surface area is 130 Å². The van der Waals surface area contributed by atoms with Gasteiger partial charge in [0.05, 0.1) is 17.8 Å². The molecule has 0 aliphatic heterocycles. The van der Waals surface area contributed by atoms with E-state index < -0.39 is 0 Å². The van der Waals surface area contributed by atoms with E-state index in [4.69, 9.17) is 4.74 Å². The Bertz CT molecular complexity index is 754. The number of aryl methyl sites for hydroxylation is 1. The lowest BCUT2D eigenvalue weighted by molar-refractivity contribution is 0.204. The van der Waals surface area contributed by atoms with Crippen molar-refractivity contribution in [2.24, 2.45) is 7.05 Å². The van der Waals surface area contributed by atoms with Crippen molar-refractivity contribution in [1.29, 1.82) is 0 Å². The third kappa shape index (κ3) is 2.88. The van der Waals surface area contributed by atoms with Crippen LogP contribution in [0.4, 0.5) is 5.95 Å². The highest BCUT2D eigenvalue weighted by Crippen LogP contribution is 2.19. The second kappa shape index (κ2) is 6.05. The van der Waals surface area contributed by atoms with Crippen molar-refractivity contribution in [3.63, 3.8) is 0 Å². The maximum atomic E-state index is 5.95. The van der Waals surface area contributed by atoms with Gasteiger partial charge in [0.15, 0.2) is 0 Å². The summed E-state index contributed by atoms with van der Waals surface area (Å²) in [5.74, 6) is 1.69. The molecule has 2 unspecified atom stereocenters. The number of hydrogen-bond donors (Lipinski definition) is 1. The van der Waals surface area contributed by atoms with Crippen LogP contribution in [-0.2, 0) is 7.05 Å². The summed E-state index contributed by atoms with van der Waals surface area (Å²) in [7, 11) is 1.99. The fraction of sp³-hybridized carbons (Fsp3) is 0.294. The molecule has 2 atom stereocenters. The highest BCUT2D eigenvalue weighted by atomic mass is 16.5. The van der Waals surface area contributed by atoms with E-state index in [1.165, 1.54) is 0 Å². The summed E-state index contributed by atoms with van der Waals surface area (Å²) in [5.41, 5.74) is 1.94. The highest BCUT2D eigenvalue weighted by Gasteiger charge is 2.16. The topological polar surface area (TPSA) is 52.0 Å². The smallest absolute Gasteiger partial charge is 0.204 e. The Kier molecular flexibility index (Phi) is 3.96. The molecule has 0 saturated carbocycles. The second-order valence-electron chi connectivity index (χ2n) is 5.43. The standard InChI is InChI=1S/C17H20N4O/c1-12(13(2)22-14-7-5-4-6-8-14)19-17-20-15-11-18-10-9-16(15)21(17)3/h4-13H,1-3H3,(H,19,20). The van der Waals surface area contributed by atoms with Crippen LogP contribution < -0.4 is 10.1 Å². The van der Waals surface area contributed by atoms with Gasteiger partial charge in [-0.3, -0.25) is 4.98 Å². The summed E-state index contributed by atoms with van der Waals surface area (Å²) in [5, 5.41) is 3.42. The van der Waals surface area contributed by atoms with Crippen LogP contribution in [0.15, 0.2) is 48.8 Å². The van der Waals surface area contributed by atoms with Gasteiger partial charge >= 0.3 is 0 Å². The van der Waals surface area contributed by atoms with E-state index in [0.717, 1.165) is 22.7 Å². The van der Waals surface area contributed by atoms with Crippen LogP contribution in [0.3, 0.4) is 0 Å². The maximum Gasteiger partial charge on any atom is 0.204 e. The Balaban J connectivity index is 1.72. The summed E-state index contributed by atoms with van der Waals surface area (Å²) in [6.45, 7) is 4.14. The molecule has 0 bridgehead atoms. The van der Waals surface area contributed by atoms with E-state index in [0.29, 0.717) is 0 Å². The van der Waals surface area contributed by atoms with Crippen LogP contribution in [0.2, 0.25) is 0 Å². The van der Waals surface area contributed by atoms with Gasteiger partial charge in [0.25, 0.3) is 0 Å². The van der Waals surface area contributed by atoms with Gasteiger partial charge in [0.1, 0.15) is 17.4 Å². The van der Waals surface area contributed by atoms with Crippen LogP contribution >= 0.6 is 0 Å². The number of pyridine rings is 1.